The van der Waals surface area contributed by atoms with Gasteiger partial charge in [-0.1, -0.05) is 23.2 Å². The second kappa shape index (κ2) is 5.85. The van der Waals surface area contributed by atoms with Gasteiger partial charge in [0.2, 0.25) is 0 Å². The number of carbonyl (C=O) groups excluding carboxylic acids is 1. The number of benzene rings is 1. The van der Waals surface area contributed by atoms with E-state index >= 15 is 0 Å². The number of aromatic nitrogens is 1. The molecule has 1 aromatic heterocycles. The Balaban J connectivity index is 1.84. The number of nitrogens with one attached hydrogen (secondary N) is 1. The first-order valence-corrected chi connectivity index (χ1v) is 7.27. The van der Waals surface area contributed by atoms with Crippen molar-refractivity contribution in [1.29, 1.82) is 0 Å². The number of anilines is 1. The number of rotatable bonds is 2. The number of hydrogen-bond donors (Lipinski definition) is 1. The average Bonchev–Trinajstić information content (AvgIpc) is 2.71. The fourth-order valence-corrected chi connectivity index (χ4v) is 2.73. The van der Waals surface area contributed by atoms with Gasteiger partial charge in [-0.2, -0.15) is 0 Å². The van der Waals surface area contributed by atoms with Crippen molar-refractivity contribution in [2.75, 3.05) is 5.32 Å². The number of amides is 1. The first kappa shape index (κ1) is 14.1. The third-order valence-electron chi connectivity index (χ3n) is 3.59. The Kier molecular flexibility index (Phi) is 3.92. The molecule has 4 nitrogen and oxygen atoms in total. The predicted octanol–water partition coefficient (Wildman–Crippen LogP) is 3.99. The molecular weight excluding hydrogens is 295 g/mol. The third-order valence-corrected chi connectivity index (χ3v) is 3.91. The van der Waals surface area contributed by atoms with E-state index in [1.54, 1.807) is 0 Å². The molecule has 6 heteroatoms. The number of aryl methyl sites for hydroxylation is 1. The van der Waals surface area contributed by atoms with Gasteiger partial charge in [-0.25, -0.2) is 4.39 Å². The lowest BCUT2D eigenvalue weighted by atomic mass is 10.1. The molecule has 0 bridgehead atoms. The predicted molar refractivity (Wildman–Crippen MR) is 77.1 cm³/mol. The van der Waals surface area contributed by atoms with E-state index < -0.39 is 5.82 Å². The van der Waals surface area contributed by atoms with Crippen molar-refractivity contribution in [3.8, 4) is 0 Å². The van der Waals surface area contributed by atoms with Gasteiger partial charge in [-0.3, -0.25) is 4.79 Å². The van der Waals surface area contributed by atoms with E-state index in [1.165, 1.54) is 12.1 Å². The first-order chi connectivity index (χ1) is 10.1. The summed E-state index contributed by atoms with van der Waals surface area (Å²) in [7, 11) is 0. The lowest BCUT2D eigenvalue weighted by molar-refractivity contribution is 0.101. The zero-order valence-corrected chi connectivity index (χ0v) is 12.0. The maximum absolute atomic E-state index is 13.0. The Morgan fingerprint density at radius 1 is 1.29 bits per heavy atom. The van der Waals surface area contributed by atoms with Gasteiger partial charge in [0.05, 0.1) is 10.7 Å². The molecule has 2 aromatic rings. The SMILES string of the molecule is O=C(Nc1ccc(F)cc1Cl)c1noc2c1CCCCC2. The topological polar surface area (TPSA) is 55.1 Å². The molecule has 1 heterocycles. The van der Waals surface area contributed by atoms with Gasteiger partial charge in [0.1, 0.15) is 11.6 Å². The lowest BCUT2D eigenvalue weighted by Crippen LogP contribution is -2.15. The summed E-state index contributed by atoms with van der Waals surface area (Å²) in [6.07, 6.45) is 4.79. The van der Waals surface area contributed by atoms with Crippen LogP contribution in [0.5, 0.6) is 0 Å². The molecule has 0 fully saturated rings. The molecule has 110 valence electrons. The van der Waals surface area contributed by atoms with Crippen molar-refractivity contribution < 1.29 is 13.7 Å². The Labute approximate surface area is 126 Å². The number of halogens is 2. The van der Waals surface area contributed by atoms with Crippen LogP contribution in [-0.2, 0) is 12.8 Å². The average molecular weight is 309 g/mol. The van der Waals surface area contributed by atoms with Crippen LogP contribution in [0.25, 0.3) is 0 Å². The van der Waals surface area contributed by atoms with Crippen LogP contribution in [0.3, 0.4) is 0 Å². The second-order valence-electron chi connectivity index (χ2n) is 5.07. The number of carbonyl (C=O) groups is 1. The molecule has 3 rings (SSSR count). The van der Waals surface area contributed by atoms with Gasteiger partial charge in [-0.15, -0.1) is 0 Å². The number of fused-ring (bicyclic) bond motifs is 1. The zero-order valence-electron chi connectivity index (χ0n) is 11.3. The minimum Gasteiger partial charge on any atom is -0.360 e. The van der Waals surface area contributed by atoms with E-state index in [1.807, 2.05) is 0 Å². The summed E-state index contributed by atoms with van der Waals surface area (Å²) < 4.78 is 18.3. The molecule has 0 unspecified atom stereocenters. The van der Waals surface area contributed by atoms with Crippen LogP contribution < -0.4 is 5.32 Å². The summed E-state index contributed by atoms with van der Waals surface area (Å²) >= 11 is 5.91. The number of nitrogens with zero attached hydrogens (tertiary/aromatic N) is 1. The van der Waals surface area contributed by atoms with Crippen molar-refractivity contribution in [2.24, 2.45) is 0 Å². The van der Waals surface area contributed by atoms with Crippen LogP contribution in [0.1, 0.15) is 41.1 Å². The van der Waals surface area contributed by atoms with Crippen molar-refractivity contribution in [1.82, 2.24) is 5.16 Å². The van der Waals surface area contributed by atoms with Crippen LogP contribution >= 0.6 is 11.6 Å². The first-order valence-electron chi connectivity index (χ1n) is 6.89. The van der Waals surface area contributed by atoms with Crippen molar-refractivity contribution >= 4 is 23.2 Å². The van der Waals surface area contributed by atoms with Crippen LogP contribution in [0.15, 0.2) is 22.7 Å². The highest BCUT2D eigenvalue weighted by molar-refractivity contribution is 6.33. The smallest absolute Gasteiger partial charge is 0.278 e. The molecule has 0 atom stereocenters. The highest BCUT2D eigenvalue weighted by atomic mass is 35.5. The third kappa shape index (κ3) is 2.93. The fourth-order valence-electron chi connectivity index (χ4n) is 2.51. The summed E-state index contributed by atoms with van der Waals surface area (Å²) in [6, 6.07) is 3.82. The van der Waals surface area contributed by atoms with Crippen molar-refractivity contribution in [2.45, 2.75) is 32.1 Å². The van der Waals surface area contributed by atoms with Crippen LogP contribution in [0.4, 0.5) is 10.1 Å². The van der Waals surface area contributed by atoms with E-state index in [2.05, 4.69) is 10.5 Å². The van der Waals surface area contributed by atoms with Crippen LogP contribution in [0, 0.1) is 5.82 Å². The van der Waals surface area contributed by atoms with Gasteiger partial charge in [0.15, 0.2) is 5.69 Å². The van der Waals surface area contributed by atoms with E-state index in [4.69, 9.17) is 16.1 Å². The maximum atomic E-state index is 13.0. The molecule has 0 spiro atoms. The molecular formula is C15H14ClFN2O2. The van der Waals surface area contributed by atoms with Gasteiger partial charge < -0.3 is 9.84 Å². The molecule has 1 aliphatic carbocycles. The largest absolute Gasteiger partial charge is 0.360 e. The Bertz CT molecular complexity index is 684. The van der Waals surface area contributed by atoms with Gasteiger partial charge in [-0.05, 0) is 37.5 Å². The van der Waals surface area contributed by atoms with Crippen molar-refractivity contribution in [3.63, 3.8) is 0 Å². The molecule has 1 aromatic carbocycles. The van der Waals surface area contributed by atoms with E-state index in [0.29, 0.717) is 11.4 Å². The highest BCUT2D eigenvalue weighted by Crippen LogP contribution is 2.26. The molecule has 0 aliphatic heterocycles. The summed E-state index contributed by atoms with van der Waals surface area (Å²) in [5.74, 6) is -0.0356. The lowest BCUT2D eigenvalue weighted by Gasteiger charge is -2.06. The zero-order chi connectivity index (χ0) is 14.8. The summed E-state index contributed by atoms with van der Waals surface area (Å²) in [5, 5.41) is 6.68. The van der Waals surface area contributed by atoms with Crippen molar-refractivity contribution in [3.05, 3.63) is 46.1 Å². The fraction of sp³-hybridized carbons (Fsp3) is 0.333. The Morgan fingerprint density at radius 2 is 2.10 bits per heavy atom. The monoisotopic (exact) mass is 308 g/mol. The van der Waals surface area contributed by atoms with Gasteiger partial charge >= 0.3 is 0 Å². The normalized spacial score (nSPS) is 14.4. The van der Waals surface area contributed by atoms with Crippen LogP contribution in [-0.4, -0.2) is 11.1 Å². The minimum atomic E-state index is -0.451. The number of hydrogen-bond acceptors (Lipinski definition) is 3. The Morgan fingerprint density at radius 3 is 2.90 bits per heavy atom. The molecule has 0 saturated heterocycles. The van der Waals surface area contributed by atoms with Gasteiger partial charge in [0.25, 0.3) is 5.91 Å². The van der Waals surface area contributed by atoms with Gasteiger partial charge in [0, 0.05) is 12.0 Å². The highest BCUT2D eigenvalue weighted by Gasteiger charge is 2.23. The summed E-state index contributed by atoms with van der Waals surface area (Å²) in [6.45, 7) is 0. The standard InChI is InChI=1S/C15H14ClFN2O2/c16-11-8-9(17)6-7-12(11)18-15(20)14-10-4-2-1-3-5-13(10)21-19-14/h6-8H,1-5H2,(H,18,20). The minimum absolute atomic E-state index is 0.151. The van der Waals surface area contributed by atoms with E-state index in [9.17, 15) is 9.18 Å². The second-order valence-corrected chi connectivity index (χ2v) is 5.48. The quantitative estimate of drug-likeness (QED) is 0.853. The molecule has 21 heavy (non-hydrogen) atoms. The molecule has 0 radical (unpaired) electrons. The van der Waals surface area contributed by atoms with E-state index in [-0.39, 0.29) is 10.9 Å². The Hall–Kier alpha value is -1.88. The summed E-state index contributed by atoms with van der Waals surface area (Å²) in [4.78, 5) is 12.3. The van der Waals surface area contributed by atoms with Crippen LogP contribution in [0.2, 0.25) is 5.02 Å². The maximum Gasteiger partial charge on any atom is 0.278 e. The molecule has 1 N–H and O–H groups in total. The molecule has 0 saturated carbocycles. The van der Waals surface area contributed by atoms with E-state index in [0.717, 1.165) is 49.5 Å². The molecule has 1 aliphatic rings. The summed E-state index contributed by atoms with van der Waals surface area (Å²) in [5.41, 5.74) is 1.53. The molecule has 1 amide bonds.